The average molecular weight is 230 g/mol. The lowest BCUT2D eigenvalue weighted by Gasteiger charge is -2.04. The summed E-state index contributed by atoms with van der Waals surface area (Å²) in [6, 6.07) is 13.0. The van der Waals surface area contributed by atoms with Gasteiger partial charge in [0.1, 0.15) is 5.82 Å². The molecule has 0 heterocycles. The fourth-order valence-corrected chi connectivity index (χ4v) is 1.68. The Morgan fingerprint density at radius 3 is 2.59 bits per heavy atom. The summed E-state index contributed by atoms with van der Waals surface area (Å²) in [6.07, 6.45) is 0.397. The minimum absolute atomic E-state index is 0.221. The molecule has 0 fully saturated rings. The van der Waals surface area contributed by atoms with E-state index in [4.69, 9.17) is 5.11 Å². The van der Waals surface area contributed by atoms with Crippen LogP contribution in [0, 0.1) is 5.82 Å². The van der Waals surface area contributed by atoms with Crippen LogP contribution in [0.2, 0.25) is 0 Å². The first-order valence-corrected chi connectivity index (χ1v) is 5.22. The van der Waals surface area contributed by atoms with Crippen LogP contribution >= 0.6 is 0 Å². The largest absolute Gasteiger partial charge is 0.478 e. The van der Waals surface area contributed by atoms with Gasteiger partial charge in [0.15, 0.2) is 0 Å². The molecule has 3 heteroatoms. The molecule has 0 spiro atoms. The molecule has 1 N–H and O–H groups in total. The summed E-state index contributed by atoms with van der Waals surface area (Å²) < 4.78 is 13.4. The topological polar surface area (TPSA) is 37.3 Å². The smallest absolute Gasteiger partial charge is 0.335 e. The van der Waals surface area contributed by atoms with Gasteiger partial charge in [-0.2, -0.15) is 0 Å². The van der Waals surface area contributed by atoms with E-state index in [1.54, 1.807) is 36.4 Å². The second-order valence-electron chi connectivity index (χ2n) is 3.77. The van der Waals surface area contributed by atoms with Crippen molar-refractivity contribution in [3.05, 3.63) is 71.0 Å². The summed E-state index contributed by atoms with van der Waals surface area (Å²) in [5.74, 6) is -1.24. The molecule has 2 aromatic carbocycles. The number of hydrogen-bond acceptors (Lipinski definition) is 1. The van der Waals surface area contributed by atoms with E-state index < -0.39 is 5.97 Å². The second-order valence-corrected chi connectivity index (χ2v) is 3.77. The van der Waals surface area contributed by atoms with Gasteiger partial charge < -0.3 is 5.11 Å². The summed E-state index contributed by atoms with van der Waals surface area (Å²) >= 11 is 0. The summed E-state index contributed by atoms with van der Waals surface area (Å²) in [5, 5.41) is 8.86. The van der Waals surface area contributed by atoms with Crippen molar-refractivity contribution < 1.29 is 14.3 Å². The summed E-state index contributed by atoms with van der Waals surface area (Å²) in [4.78, 5) is 10.8. The molecule has 2 rings (SSSR count). The molecule has 2 nitrogen and oxygen atoms in total. The van der Waals surface area contributed by atoms with Gasteiger partial charge in [-0.25, -0.2) is 9.18 Å². The van der Waals surface area contributed by atoms with Gasteiger partial charge in [0, 0.05) is 6.42 Å². The fraction of sp³-hybridized carbons (Fsp3) is 0.0714. The predicted octanol–water partition coefficient (Wildman–Crippen LogP) is 3.11. The zero-order chi connectivity index (χ0) is 12.3. The molecule has 86 valence electrons. The van der Waals surface area contributed by atoms with E-state index in [1.165, 1.54) is 12.1 Å². The minimum Gasteiger partial charge on any atom is -0.478 e. The van der Waals surface area contributed by atoms with Gasteiger partial charge in [-0.15, -0.1) is 0 Å². The quantitative estimate of drug-likeness (QED) is 0.879. The Labute approximate surface area is 98.3 Å². The van der Waals surface area contributed by atoms with Crippen molar-refractivity contribution in [1.29, 1.82) is 0 Å². The van der Waals surface area contributed by atoms with Crippen LogP contribution in [0.3, 0.4) is 0 Å². The number of benzene rings is 2. The molecule has 0 aromatic heterocycles. The third kappa shape index (κ3) is 2.69. The molecular weight excluding hydrogens is 219 g/mol. The number of halogens is 1. The van der Waals surface area contributed by atoms with E-state index in [9.17, 15) is 9.18 Å². The second kappa shape index (κ2) is 4.78. The van der Waals surface area contributed by atoms with Gasteiger partial charge in [0.2, 0.25) is 0 Å². The van der Waals surface area contributed by atoms with E-state index in [-0.39, 0.29) is 11.4 Å². The highest BCUT2D eigenvalue weighted by Gasteiger charge is 2.05. The van der Waals surface area contributed by atoms with Crippen molar-refractivity contribution in [2.75, 3.05) is 0 Å². The van der Waals surface area contributed by atoms with Crippen LogP contribution in [-0.4, -0.2) is 11.1 Å². The Kier molecular flexibility index (Phi) is 3.19. The molecular formula is C14H11FO2. The van der Waals surface area contributed by atoms with Gasteiger partial charge in [0.25, 0.3) is 0 Å². The van der Waals surface area contributed by atoms with Crippen molar-refractivity contribution in [3.8, 4) is 0 Å². The molecule has 0 saturated heterocycles. The Balaban J connectivity index is 2.28. The molecule has 0 aliphatic rings. The molecule has 0 aliphatic heterocycles. The standard InChI is InChI=1S/C14H11FO2/c15-13-7-2-1-5-11(13)8-10-4-3-6-12(9-10)14(16)17/h1-7,9H,8H2,(H,16,17). The normalized spacial score (nSPS) is 10.2. The number of carboxylic acids is 1. The van der Waals surface area contributed by atoms with Gasteiger partial charge >= 0.3 is 5.97 Å². The molecule has 0 atom stereocenters. The highest BCUT2D eigenvalue weighted by atomic mass is 19.1. The molecule has 0 saturated carbocycles. The van der Waals surface area contributed by atoms with E-state index >= 15 is 0 Å². The van der Waals surface area contributed by atoms with Crippen LogP contribution in [0.4, 0.5) is 4.39 Å². The first-order chi connectivity index (χ1) is 8.16. The molecule has 0 amide bonds. The number of hydrogen-bond donors (Lipinski definition) is 1. The highest BCUT2D eigenvalue weighted by Crippen LogP contribution is 2.14. The molecule has 17 heavy (non-hydrogen) atoms. The Morgan fingerprint density at radius 1 is 1.12 bits per heavy atom. The Hall–Kier alpha value is -2.16. The number of aromatic carboxylic acids is 1. The van der Waals surface area contributed by atoms with Crippen LogP contribution in [-0.2, 0) is 6.42 Å². The highest BCUT2D eigenvalue weighted by molar-refractivity contribution is 5.87. The van der Waals surface area contributed by atoms with Crippen molar-refractivity contribution in [1.82, 2.24) is 0 Å². The average Bonchev–Trinajstić information content (AvgIpc) is 2.32. The number of carboxylic acid groups (broad SMARTS) is 1. The summed E-state index contributed by atoms with van der Waals surface area (Å²) in [5.41, 5.74) is 1.57. The van der Waals surface area contributed by atoms with Crippen LogP contribution in [0.15, 0.2) is 48.5 Å². The predicted molar refractivity (Wildman–Crippen MR) is 62.6 cm³/mol. The molecule has 0 bridgehead atoms. The lowest BCUT2D eigenvalue weighted by Crippen LogP contribution is -1.98. The van der Waals surface area contributed by atoms with Crippen molar-refractivity contribution in [3.63, 3.8) is 0 Å². The lowest BCUT2D eigenvalue weighted by atomic mass is 10.0. The molecule has 0 radical (unpaired) electrons. The van der Waals surface area contributed by atoms with Crippen LogP contribution in [0.5, 0.6) is 0 Å². The first-order valence-electron chi connectivity index (χ1n) is 5.22. The van der Waals surface area contributed by atoms with E-state index in [0.717, 1.165) is 5.56 Å². The van der Waals surface area contributed by atoms with Crippen molar-refractivity contribution in [2.45, 2.75) is 6.42 Å². The summed E-state index contributed by atoms with van der Waals surface area (Å²) in [6.45, 7) is 0. The van der Waals surface area contributed by atoms with Gasteiger partial charge in [-0.3, -0.25) is 0 Å². The third-order valence-corrected chi connectivity index (χ3v) is 2.53. The lowest BCUT2D eigenvalue weighted by molar-refractivity contribution is 0.0697. The van der Waals surface area contributed by atoms with E-state index in [2.05, 4.69) is 0 Å². The van der Waals surface area contributed by atoms with E-state index in [0.29, 0.717) is 12.0 Å². The van der Waals surface area contributed by atoms with Crippen LogP contribution < -0.4 is 0 Å². The first kappa shape index (κ1) is 11.3. The van der Waals surface area contributed by atoms with Crippen molar-refractivity contribution >= 4 is 5.97 Å². The van der Waals surface area contributed by atoms with Gasteiger partial charge in [-0.05, 0) is 29.3 Å². The van der Waals surface area contributed by atoms with Crippen molar-refractivity contribution in [2.24, 2.45) is 0 Å². The zero-order valence-electron chi connectivity index (χ0n) is 9.06. The van der Waals surface area contributed by atoms with Crippen LogP contribution in [0.1, 0.15) is 21.5 Å². The summed E-state index contributed by atoms with van der Waals surface area (Å²) in [7, 11) is 0. The molecule has 0 unspecified atom stereocenters. The maximum atomic E-state index is 13.4. The zero-order valence-corrected chi connectivity index (χ0v) is 9.06. The maximum Gasteiger partial charge on any atom is 0.335 e. The van der Waals surface area contributed by atoms with Gasteiger partial charge in [0.05, 0.1) is 5.56 Å². The SMILES string of the molecule is O=C(O)c1cccc(Cc2ccccc2F)c1. The number of rotatable bonds is 3. The Morgan fingerprint density at radius 2 is 1.88 bits per heavy atom. The molecule has 0 aliphatic carbocycles. The van der Waals surface area contributed by atoms with Gasteiger partial charge in [-0.1, -0.05) is 30.3 Å². The monoisotopic (exact) mass is 230 g/mol. The van der Waals surface area contributed by atoms with Crippen LogP contribution in [0.25, 0.3) is 0 Å². The minimum atomic E-state index is -0.972. The molecule has 2 aromatic rings. The number of carbonyl (C=O) groups is 1. The Bertz CT molecular complexity index is 549. The fourth-order valence-electron chi connectivity index (χ4n) is 1.68. The third-order valence-electron chi connectivity index (χ3n) is 2.53. The van der Waals surface area contributed by atoms with E-state index in [1.807, 2.05) is 0 Å². The maximum absolute atomic E-state index is 13.4.